The molecule has 3 rings (SSSR count). The molecule has 0 aromatic heterocycles. The smallest absolute Gasteiger partial charge is 0.201 e. The molecule has 0 amide bonds. The Hall–Kier alpha value is -1.90. The molecule has 26 heavy (non-hydrogen) atoms. The van der Waals surface area contributed by atoms with E-state index in [9.17, 15) is 8.78 Å². The molecule has 0 atom stereocenters. The topological polar surface area (TPSA) is 9.23 Å². The largest absolute Gasteiger partial charge is 0.490 e. The summed E-state index contributed by atoms with van der Waals surface area (Å²) in [4.78, 5) is 0. The van der Waals surface area contributed by atoms with Crippen LogP contribution in [0.2, 0.25) is 0 Å². The Bertz CT molecular complexity index is 740. The second-order valence-electron chi connectivity index (χ2n) is 8.15. The van der Waals surface area contributed by atoms with E-state index in [1.807, 2.05) is 19.1 Å². The van der Waals surface area contributed by atoms with Gasteiger partial charge in [0.15, 0.2) is 11.6 Å². The van der Waals surface area contributed by atoms with Gasteiger partial charge in [0.25, 0.3) is 0 Å². The molecule has 1 fully saturated rings. The van der Waals surface area contributed by atoms with Crippen LogP contribution in [0.15, 0.2) is 36.4 Å². The number of hydrogen-bond donors (Lipinski definition) is 0. The molecule has 3 heteroatoms. The lowest BCUT2D eigenvalue weighted by Crippen LogP contribution is -2.20. The first-order chi connectivity index (χ1) is 12.4. The molecule has 0 aliphatic heterocycles. The van der Waals surface area contributed by atoms with Gasteiger partial charge in [0.2, 0.25) is 5.82 Å². The van der Waals surface area contributed by atoms with E-state index < -0.39 is 11.6 Å². The van der Waals surface area contributed by atoms with Gasteiger partial charge in [-0.05, 0) is 66.7 Å². The second kappa shape index (κ2) is 7.77. The van der Waals surface area contributed by atoms with Crippen LogP contribution in [0.1, 0.15) is 64.4 Å². The van der Waals surface area contributed by atoms with Crippen LogP contribution in [-0.4, -0.2) is 6.61 Å². The van der Waals surface area contributed by atoms with Crippen molar-refractivity contribution in [2.24, 2.45) is 5.41 Å². The lowest BCUT2D eigenvalue weighted by molar-refractivity contribution is 0.224. The van der Waals surface area contributed by atoms with Crippen molar-refractivity contribution in [1.29, 1.82) is 0 Å². The van der Waals surface area contributed by atoms with Crippen LogP contribution in [0.3, 0.4) is 0 Å². The van der Waals surface area contributed by atoms with E-state index in [1.54, 1.807) is 6.07 Å². The van der Waals surface area contributed by atoms with Crippen molar-refractivity contribution < 1.29 is 13.5 Å². The van der Waals surface area contributed by atoms with Crippen LogP contribution in [-0.2, 0) is 0 Å². The van der Waals surface area contributed by atoms with E-state index in [4.69, 9.17) is 4.74 Å². The van der Waals surface area contributed by atoms with E-state index in [1.165, 1.54) is 37.3 Å². The van der Waals surface area contributed by atoms with Crippen LogP contribution in [0.25, 0.3) is 11.1 Å². The van der Waals surface area contributed by atoms with Gasteiger partial charge in [0.1, 0.15) is 0 Å². The molecule has 140 valence electrons. The molecular formula is C23H28F2O. The van der Waals surface area contributed by atoms with E-state index in [-0.39, 0.29) is 11.3 Å². The summed E-state index contributed by atoms with van der Waals surface area (Å²) < 4.78 is 33.9. The first kappa shape index (κ1) is 18.9. The van der Waals surface area contributed by atoms with Gasteiger partial charge in [-0.1, -0.05) is 45.0 Å². The number of benzene rings is 2. The lowest BCUT2D eigenvalue weighted by atomic mass is 9.71. The Morgan fingerprint density at radius 1 is 0.962 bits per heavy atom. The van der Waals surface area contributed by atoms with Crippen LogP contribution < -0.4 is 4.74 Å². The summed E-state index contributed by atoms with van der Waals surface area (Å²) in [5.74, 6) is -1.20. The predicted molar refractivity (Wildman–Crippen MR) is 103 cm³/mol. The number of halogens is 2. The average Bonchev–Trinajstić information content (AvgIpc) is 2.63. The fraction of sp³-hybridized carbons (Fsp3) is 0.478. The van der Waals surface area contributed by atoms with Gasteiger partial charge in [-0.15, -0.1) is 0 Å². The van der Waals surface area contributed by atoms with E-state index in [0.717, 1.165) is 6.42 Å². The molecule has 1 aliphatic rings. The number of ether oxygens (including phenoxy) is 1. The zero-order chi connectivity index (χ0) is 18.7. The van der Waals surface area contributed by atoms with E-state index >= 15 is 0 Å². The monoisotopic (exact) mass is 358 g/mol. The quantitative estimate of drug-likeness (QED) is 0.553. The van der Waals surface area contributed by atoms with Gasteiger partial charge >= 0.3 is 0 Å². The molecule has 0 N–H and O–H groups in total. The molecule has 0 heterocycles. The Balaban J connectivity index is 1.77. The summed E-state index contributed by atoms with van der Waals surface area (Å²) in [6.45, 7) is 6.97. The fourth-order valence-electron chi connectivity index (χ4n) is 3.75. The second-order valence-corrected chi connectivity index (χ2v) is 8.15. The van der Waals surface area contributed by atoms with Crippen molar-refractivity contribution in [2.45, 2.75) is 58.8 Å². The van der Waals surface area contributed by atoms with Gasteiger partial charge in [0, 0.05) is 5.56 Å². The van der Waals surface area contributed by atoms with Crippen LogP contribution in [0.4, 0.5) is 8.78 Å². The minimum atomic E-state index is -0.908. The van der Waals surface area contributed by atoms with Gasteiger partial charge in [-0.25, -0.2) is 4.39 Å². The molecule has 0 bridgehead atoms. The van der Waals surface area contributed by atoms with Crippen molar-refractivity contribution in [3.63, 3.8) is 0 Å². The molecule has 1 saturated carbocycles. The maximum absolute atomic E-state index is 14.5. The maximum atomic E-state index is 14.5. The Labute approximate surface area is 155 Å². The van der Waals surface area contributed by atoms with Gasteiger partial charge in [0.05, 0.1) is 6.61 Å². The first-order valence-electron chi connectivity index (χ1n) is 9.62. The third-order valence-corrected chi connectivity index (χ3v) is 5.54. The Morgan fingerprint density at radius 2 is 1.62 bits per heavy atom. The van der Waals surface area contributed by atoms with E-state index in [2.05, 4.69) is 26.0 Å². The summed E-state index contributed by atoms with van der Waals surface area (Å²) in [6.07, 6.45) is 5.61. The minimum Gasteiger partial charge on any atom is -0.490 e. The zero-order valence-electron chi connectivity index (χ0n) is 15.9. The van der Waals surface area contributed by atoms with E-state index in [0.29, 0.717) is 23.5 Å². The van der Waals surface area contributed by atoms with Crippen LogP contribution >= 0.6 is 0 Å². The molecule has 2 aromatic rings. The summed E-state index contributed by atoms with van der Waals surface area (Å²) >= 11 is 0. The van der Waals surface area contributed by atoms with Gasteiger partial charge in [-0.2, -0.15) is 4.39 Å². The molecule has 0 spiro atoms. The molecule has 0 unspecified atom stereocenters. The average molecular weight is 358 g/mol. The van der Waals surface area contributed by atoms with Gasteiger partial charge in [-0.3, -0.25) is 0 Å². The molecule has 0 saturated heterocycles. The standard InChI is InChI=1S/C23H28F2O/c1-4-15-26-20-10-9-19(21(24)22(20)25)18-7-5-16(6-8-18)17-11-13-23(2,3)14-12-17/h5-10,17H,4,11-15H2,1-3H3. The number of hydrogen-bond acceptors (Lipinski definition) is 1. The van der Waals surface area contributed by atoms with Crippen LogP contribution in [0.5, 0.6) is 5.75 Å². The van der Waals surface area contributed by atoms with Gasteiger partial charge < -0.3 is 4.74 Å². The molecule has 1 nitrogen and oxygen atoms in total. The number of rotatable bonds is 5. The molecule has 2 aromatic carbocycles. The summed E-state index contributed by atoms with van der Waals surface area (Å²) in [5, 5.41) is 0. The Kier molecular flexibility index (Phi) is 5.64. The highest BCUT2D eigenvalue weighted by molar-refractivity contribution is 5.65. The van der Waals surface area contributed by atoms with Crippen molar-refractivity contribution >= 4 is 0 Å². The van der Waals surface area contributed by atoms with Crippen molar-refractivity contribution in [2.75, 3.05) is 6.61 Å². The SMILES string of the molecule is CCCOc1ccc(-c2ccc(C3CCC(C)(C)CC3)cc2)c(F)c1F. The summed E-state index contributed by atoms with van der Waals surface area (Å²) in [7, 11) is 0. The molecular weight excluding hydrogens is 330 g/mol. The third-order valence-electron chi connectivity index (χ3n) is 5.54. The third kappa shape index (κ3) is 4.08. The van der Waals surface area contributed by atoms with Crippen molar-refractivity contribution in [1.82, 2.24) is 0 Å². The molecule has 1 aliphatic carbocycles. The minimum absolute atomic E-state index is 0.0189. The zero-order valence-corrected chi connectivity index (χ0v) is 15.9. The first-order valence-corrected chi connectivity index (χ1v) is 9.62. The summed E-state index contributed by atoms with van der Waals surface area (Å²) in [6, 6.07) is 11.1. The normalized spacial score (nSPS) is 17.3. The summed E-state index contributed by atoms with van der Waals surface area (Å²) in [5.41, 5.74) is 2.72. The predicted octanol–water partition coefficient (Wildman–Crippen LogP) is 7.10. The lowest BCUT2D eigenvalue weighted by Gasteiger charge is -2.34. The molecule has 0 radical (unpaired) electrons. The van der Waals surface area contributed by atoms with Crippen LogP contribution in [0, 0.1) is 17.0 Å². The maximum Gasteiger partial charge on any atom is 0.201 e. The van der Waals surface area contributed by atoms with Crippen molar-refractivity contribution in [3.8, 4) is 16.9 Å². The van der Waals surface area contributed by atoms with Crippen molar-refractivity contribution in [3.05, 3.63) is 53.6 Å². The highest BCUT2D eigenvalue weighted by Gasteiger charge is 2.27. The Morgan fingerprint density at radius 3 is 2.23 bits per heavy atom. The highest BCUT2D eigenvalue weighted by Crippen LogP contribution is 2.42. The highest BCUT2D eigenvalue weighted by atomic mass is 19.2. The fourth-order valence-corrected chi connectivity index (χ4v) is 3.75.